The van der Waals surface area contributed by atoms with Gasteiger partial charge in [0.2, 0.25) is 0 Å². The fourth-order valence-electron chi connectivity index (χ4n) is 3.03. The van der Waals surface area contributed by atoms with Gasteiger partial charge in [-0.3, -0.25) is 0 Å². The van der Waals surface area contributed by atoms with Gasteiger partial charge in [-0.25, -0.2) is 0 Å². The lowest BCUT2D eigenvalue weighted by atomic mass is 9.94. The van der Waals surface area contributed by atoms with Crippen LogP contribution in [0.3, 0.4) is 0 Å². The van der Waals surface area contributed by atoms with E-state index in [0.717, 1.165) is 20.6 Å². The van der Waals surface area contributed by atoms with Crippen LogP contribution >= 0.6 is 35.6 Å². The number of hydrogen-bond donors (Lipinski definition) is 1. The van der Waals surface area contributed by atoms with Crippen molar-refractivity contribution in [2.24, 2.45) is 0 Å². The summed E-state index contributed by atoms with van der Waals surface area (Å²) in [5.74, 6) is 0. The zero-order valence-corrected chi connectivity index (χ0v) is 13.2. The minimum atomic E-state index is 0.522. The average molecular weight is 313 g/mol. The van der Waals surface area contributed by atoms with E-state index >= 15 is 0 Å². The summed E-state index contributed by atoms with van der Waals surface area (Å²) in [6.07, 6.45) is 7.27. The van der Waals surface area contributed by atoms with E-state index in [4.69, 9.17) is 23.8 Å². The Balaban J connectivity index is 2.04. The summed E-state index contributed by atoms with van der Waals surface area (Å²) in [6, 6.07) is 6.50. The van der Waals surface area contributed by atoms with E-state index in [1.807, 2.05) is 23.9 Å². The van der Waals surface area contributed by atoms with Gasteiger partial charge >= 0.3 is 0 Å². The molecule has 1 aromatic heterocycles. The maximum atomic E-state index is 6.05. The molecule has 0 bridgehead atoms. The lowest BCUT2D eigenvalue weighted by molar-refractivity contribution is 0.365. The Hall–Kier alpha value is -0.450. The predicted octanol–water partition coefficient (Wildman–Crippen LogP) is 5.20. The van der Waals surface area contributed by atoms with Crippen molar-refractivity contribution in [3.05, 3.63) is 28.0 Å². The number of aromatic nitrogens is 2. The molecule has 1 fully saturated rings. The normalized spacial score (nSPS) is 23.9. The van der Waals surface area contributed by atoms with E-state index in [1.54, 1.807) is 0 Å². The molecule has 2 nitrogen and oxygen atoms in total. The molecule has 0 radical (unpaired) electrons. The zero-order valence-electron chi connectivity index (χ0n) is 10.9. The Bertz CT molecular complexity index is 646. The van der Waals surface area contributed by atoms with Gasteiger partial charge in [-0.15, -0.1) is 0 Å². The third-order valence-electron chi connectivity index (χ3n) is 3.98. The number of nitrogens with zero attached hydrogens (tertiary/aromatic N) is 1. The van der Waals surface area contributed by atoms with Crippen LogP contribution in [0.2, 0.25) is 5.02 Å². The van der Waals surface area contributed by atoms with Gasteiger partial charge in [0, 0.05) is 16.3 Å². The molecule has 19 heavy (non-hydrogen) atoms. The Kier molecular flexibility index (Phi) is 3.92. The number of imidazole rings is 1. The van der Waals surface area contributed by atoms with Gasteiger partial charge in [0.1, 0.15) is 0 Å². The molecular formula is C14H17ClN2S2. The highest BCUT2D eigenvalue weighted by Crippen LogP contribution is 2.36. The number of thioether (sulfide) groups is 1. The minimum absolute atomic E-state index is 0.522. The first-order chi connectivity index (χ1) is 9.19. The van der Waals surface area contributed by atoms with Gasteiger partial charge in [-0.05, 0) is 55.9 Å². The van der Waals surface area contributed by atoms with Crippen LogP contribution in [0, 0.1) is 4.77 Å². The molecule has 102 valence electrons. The fourth-order valence-corrected chi connectivity index (χ4v) is 4.38. The SMILES string of the molecule is CSC1CCCC(n2c(=S)[nH]c3cc(Cl)ccc32)C1. The standard InChI is InChI=1S/C14H17ClN2S2/c1-19-11-4-2-3-10(8-11)17-13-6-5-9(15)7-12(13)16-14(17)18/h5-7,10-11H,2-4,8H2,1H3,(H,16,18). The average Bonchev–Trinajstić information content (AvgIpc) is 2.73. The van der Waals surface area contributed by atoms with Crippen LogP contribution in [0.15, 0.2) is 18.2 Å². The smallest absolute Gasteiger partial charge is 0.178 e. The van der Waals surface area contributed by atoms with Crippen LogP contribution in [-0.4, -0.2) is 21.1 Å². The van der Waals surface area contributed by atoms with Gasteiger partial charge < -0.3 is 9.55 Å². The minimum Gasteiger partial charge on any atom is -0.331 e. The van der Waals surface area contributed by atoms with Crippen molar-refractivity contribution in [1.82, 2.24) is 9.55 Å². The van der Waals surface area contributed by atoms with Crippen LogP contribution in [0.5, 0.6) is 0 Å². The molecule has 2 unspecified atom stereocenters. The molecule has 5 heteroatoms. The van der Waals surface area contributed by atoms with Gasteiger partial charge in [0.05, 0.1) is 11.0 Å². The second kappa shape index (κ2) is 5.51. The summed E-state index contributed by atoms with van der Waals surface area (Å²) in [5, 5.41) is 1.51. The lowest BCUT2D eigenvalue weighted by Gasteiger charge is -2.29. The molecule has 3 rings (SSSR count). The Morgan fingerprint density at radius 2 is 2.26 bits per heavy atom. The van der Waals surface area contributed by atoms with E-state index in [-0.39, 0.29) is 0 Å². The first kappa shape index (κ1) is 13.5. The second-order valence-electron chi connectivity index (χ2n) is 5.14. The number of nitrogens with one attached hydrogen (secondary N) is 1. The third kappa shape index (κ3) is 2.58. The number of halogens is 1. The molecule has 1 N–H and O–H groups in total. The Morgan fingerprint density at radius 3 is 3.05 bits per heavy atom. The van der Waals surface area contributed by atoms with Crippen molar-refractivity contribution < 1.29 is 0 Å². The monoisotopic (exact) mass is 312 g/mol. The molecule has 1 aliphatic carbocycles. The lowest BCUT2D eigenvalue weighted by Crippen LogP contribution is -2.20. The molecule has 0 amide bonds. The number of H-pyrrole nitrogens is 1. The summed E-state index contributed by atoms with van der Waals surface area (Å²) < 4.78 is 3.12. The number of aromatic amines is 1. The summed E-state index contributed by atoms with van der Waals surface area (Å²) >= 11 is 13.5. The molecule has 2 aromatic rings. The summed E-state index contributed by atoms with van der Waals surface area (Å²) in [5.41, 5.74) is 2.23. The largest absolute Gasteiger partial charge is 0.331 e. The van der Waals surface area contributed by atoms with E-state index < -0.39 is 0 Å². The topological polar surface area (TPSA) is 20.7 Å². The maximum absolute atomic E-state index is 6.05. The zero-order chi connectivity index (χ0) is 13.4. The van der Waals surface area contributed by atoms with E-state index in [0.29, 0.717) is 6.04 Å². The first-order valence-corrected chi connectivity index (χ1v) is 8.69. The highest BCUT2D eigenvalue weighted by Gasteiger charge is 2.24. The molecule has 0 spiro atoms. The molecule has 0 aliphatic heterocycles. The Labute approximate surface area is 127 Å². The van der Waals surface area contributed by atoms with E-state index in [9.17, 15) is 0 Å². The first-order valence-electron chi connectivity index (χ1n) is 6.61. The fraction of sp³-hybridized carbons (Fsp3) is 0.500. The number of benzene rings is 1. The highest BCUT2D eigenvalue weighted by molar-refractivity contribution is 7.99. The van der Waals surface area contributed by atoms with Crippen LogP contribution in [0.4, 0.5) is 0 Å². The van der Waals surface area contributed by atoms with Gasteiger partial charge in [0.25, 0.3) is 0 Å². The van der Waals surface area contributed by atoms with Crippen molar-refractivity contribution in [3.63, 3.8) is 0 Å². The van der Waals surface area contributed by atoms with Crippen LogP contribution in [0.1, 0.15) is 31.7 Å². The molecule has 1 saturated carbocycles. The van der Waals surface area contributed by atoms with E-state index in [1.165, 1.54) is 31.2 Å². The van der Waals surface area contributed by atoms with Gasteiger partial charge in [-0.1, -0.05) is 18.0 Å². The molecular weight excluding hydrogens is 296 g/mol. The number of fused-ring (bicyclic) bond motifs is 1. The van der Waals surface area contributed by atoms with Crippen molar-refractivity contribution in [1.29, 1.82) is 0 Å². The van der Waals surface area contributed by atoms with Crippen LogP contribution in [0.25, 0.3) is 11.0 Å². The molecule has 1 aliphatic rings. The van der Waals surface area contributed by atoms with Crippen molar-refractivity contribution in [3.8, 4) is 0 Å². The number of rotatable bonds is 2. The molecule has 1 aromatic carbocycles. The molecule has 1 heterocycles. The van der Waals surface area contributed by atoms with Crippen molar-refractivity contribution >= 4 is 46.6 Å². The Morgan fingerprint density at radius 1 is 1.42 bits per heavy atom. The van der Waals surface area contributed by atoms with Crippen molar-refractivity contribution in [2.45, 2.75) is 37.0 Å². The summed E-state index contributed by atoms with van der Waals surface area (Å²) in [6.45, 7) is 0. The predicted molar refractivity (Wildman–Crippen MR) is 86.9 cm³/mol. The third-order valence-corrected chi connectivity index (χ3v) is 5.60. The van der Waals surface area contributed by atoms with Gasteiger partial charge in [0.15, 0.2) is 4.77 Å². The second-order valence-corrected chi connectivity index (χ2v) is 7.10. The van der Waals surface area contributed by atoms with Crippen LogP contribution in [-0.2, 0) is 0 Å². The number of hydrogen-bond acceptors (Lipinski definition) is 2. The van der Waals surface area contributed by atoms with Gasteiger partial charge in [-0.2, -0.15) is 11.8 Å². The highest BCUT2D eigenvalue weighted by atomic mass is 35.5. The van der Waals surface area contributed by atoms with E-state index in [2.05, 4.69) is 21.9 Å². The van der Waals surface area contributed by atoms with Crippen molar-refractivity contribution in [2.75, 3.05) is 6.26 Å². The quantitative estimate of drug-likeness (QED) is 0.769. The molecule has 0 saturated heterocycles. The maximum Gasteiger partial charge on any atom is 0.178 e. The molecule has 2 atom stereocenters. The van der Waals surface area contributed by atoms with Crippen LogP contribution < -0.4 is 0 Å². The summed E-state index contributed by atoms with van der Waals surface area (Å²) in [4.78, 5) is 3.28. The summed E-state index contributed by atoms with van der Waals surface area (Å²) in [7, 11) is 0.